The van der Waals surface area contributed by atoms with E-state index in [0.717, 1.165) is 0 Å². The zero-order valence-corrected chi connectivity index (χ0v) is 12.0. The van der Waals surface area contributed by atoms with E-state index < -0.39 is 6.04 Å². The zero-order chi connectivity index (χ0) is 13.7. The molecule has 0 aromatic carbocycles. The van der Waals surface area contributed by atoms with Crippen LogP contribution in [0.1, 0.15) is 37.4 Å². The summed E-state index contributed by atoms with van der Waals surface area (Å²) in [5.41, 5.74) is 0. The zero-order valence-electron chi connectivity index (χ0n) is 11.2. The fourth-order valence-electron chi connectivity index (χ4n) is 1.53. The van der Waals surface area contributed by atoms with Crippen LogP contribution >= 0.6 is 11.3 Å². The Kier molecular flexibility index (Phi) is 5.34. The van der Waals surface area contributed by atoms with Crippen LogP contribution in [0, 0.1) is 5.92 Å². The molecule has 18 heavy (non-hydrogen) atoms. The maximum absolute atomic E-state index is 12.0. The molecule has 1 rings (SSSR count). The van der Waals surface area contributed by atoms with Gasteiger partial charge in [-0.15, -0.1) is 11.3 Å². The molecule has 1 aromatic heterocycles. The molecule has 100 valence electrons. The van der Waals surface area contributed by atoms with Crippen LogP contribution < -0.4 is 10.6 Å². The van der Waals surface area contributed by atoms with Crippen molar-refractivity contribution in [2.45, 2.75) is 39.8 Å². The molecule has 5 heteroatoms. The lowest BCUT2D eigenvalue weighted by Crippen LogP contribution is -2.51. The second-order valence-electron chi connectivity index (χ2n) is 4.84. The molecule has 0 saturated carbocycles. The number of thiophene rings is 1. The Morgan fingerprint density at radius 2 is 1.83 bits per heavy atom. The summed E-state index contributed by atoms with van der Waals surface area (Å²) < 4.78 is 0. The molecule has 1 unspecified atom stereocenters. The molecule has 2 N–H and O–H groups in total. The van der Waals surface area contributed by atoms with Crippen LogP contribution in [0.25, 0.3) is 0 Å². The summed E-state index contributed by atoms with van der Waals surface area (Å²) in [7, 11) is 0. The first-order valence-corrected chi connectivity index (χ1v) is 6.94. The molecule has 0 aliphatic carbocycles. The second kappa shape index (κ2) is 6.54. The Balaban J connectivity index is 2.69. The Morgan fingerprint density at radius 1 is 1.17 bits per heavy atom. The van der Waals surface area contributed by atoms with Gasteiger partial charge in [0, 0.05) is 6.04 Å². The summed E-state index contributed by atoms with van der Waals surface area (Å²) >= 11 is 1.37. The fourth-order valence-corrected chi connectivity index (χ4v) is 2.16. The van der Waals surface area contributed by atoms with Crippen molar-refractivity contribution in [3.8, 4) is 0 Å². The van der Waals surface area contributed by atoms with Gasteiger partial charge in [0.15, 0.2) is 0 Å². The van der Waals surface area contributed by atoms with E-state index in [0.29, 0.717) is 4.88 Å². The molecule has 0 aliphatic rings. The van der Waals surface area contributed by atoms with E-state index in [4.69, 9.17) is 0 Å². The predicted molar refractivity (Wildman–Crippen MR) is 73.7 cm³/mol. The van der Waals surface area contributed by atoms with E-state index in [2.05, 4.69) is 10.6 Å². The summed E-state index contributed by atoms with van der Waals surface area (Å²) in [6.07, 6.45) is 0. The highest BCUT2D eigenvalue weighted by Gasteiger charge is 2.25. The quantitative estimate of drug-likeness (QED) is 0.858. The van der Waals surface area contributed by atoms with Gasteiger partial charge >= 0.3 is 0 Å². The number of carbonyl (C=O) groups excluding carboxylic acids is 2. The number of nitrogens with one attached hydrogen (secondary N) is 2. The first kappa shape index (κ1) is 14.7. The molecule has 1 atom stereocenters. The predicted octanol–water partition coefficient (Wildman–Crippen LogP) is 2.03. The number of carbonyl (C=O) groups is 2. The van der Waals surface area contributed by atoms with E-state index >= 15 is 0 Å². The lowest BCUT2D eigenvalue weighted by atomic mass is 10.0. The van der Waals surface area contributed by atoms with Crippen LogP contribution in [0.5, 0.6) is 0 Å². The number of rotatable bonds is 5. The normalized spacial score (nSPS) is 12.6. The van der Waals surface area contributed by atoms with E-state index in [1.165, 1.54) is 11.3 Å². The first-order valence-electron chi connectivity index (χ1n) is 6.06. The molecule has 0 spiro atoms. The Bertz CT molecular complexity index is 399. The summed E-state index contributed by atoms with van der Waals surface area (Å²) in [5, 5.41) is 7.45. The van der Waals surface area contributed by atoms with Gasteiger partial charge in [-0.25, -0.2) is 0 Å². The highest BCUT2D eigenvalue weighted by atomic mass is 32.1. The molecular weight excluding hydrogens is 248 g/mol. The van der Waals surface area contributed by atoms with Crippen LogP contribution in [0.2, 0.25) is 0 Å². The highest BCUT2D eigenvalue weighted by Crippen LogP contribution is 2.10. The molecule has 0 fully saturated rings. The van der Waals surface area contributed by atoms with Crippen molar-refractivity contribution in [3.05, 3.63) is 22.4 Å². The summed E-state index contributed by atoms with van der Waals surface area (Å²) in [6, 6.07) is 3.13. The van der Waals surface area contributed by atoms with Crippen molar-refractivity contribution in [2.24, 2.45) is 5.92 Å². The van der Waals surface area contributed by atoms with Crippen molar-refractivity contribution in [1.29, 1.82) is 0 Å². The molecular formula is C13H20N2O2S. The van der Waals surface area contributed by atoms with E-state index in [-0.39, 0.29) is 23.8 Å². The van der Waals surface area contributed by atoms with Crippen molar-refractivity contribution < 1.29 is 9.59 Å². The van der Waals surface area contributed by atoms with Crippen LogP contribution in [0.4, 0.5) is 0 Å². The molecule has 2 amide bonds. The molecule has 0 aliphatic heterocycles. The van der Waals surface area contributed by atoms with E-state index in [1.807, 2.05) is 39.1 Å². The van der Waals surface area contributed by atoms with Crippen LogP contribution in [0.3, 0.4) is 0 Å². The summed E-state index contributed by atoms with van der Waals surface area (Å²) in [5.74, 6) is -0.278. The highest BCUT2D eigenvalue weighted by molar-refractivity contribution is 7.12. The SMILES string of the molecule is CC(C)NC(=O)C(NC(=O)c1cccs1)C(C)C. The Morgan fingerprint density at radius 3 is 2.28 bits per heavy atom. The van der Waals surface area contributed by atoms with Crippen molar-refractivity contribution >= 4 is 23.2 Å². The maximum Gasteiger partial charge on any atom is 0.262 e. The third kappa shape index (κ3) is 4.14. The second-order valence-corrected chi connectivity index (χ2v) is 5.78. The minimum absolute atomic E-state index is 0.0488. The van der Waals surface area contributed by atoms with E-state index in [1.54, 1.807) is 6.07 Å². The fraction of sp³-hybridized carbons (Fsp3) is 0.538. The molecule has 1 heterocycles. The van der Waals surface area contributed by atoms with Crippen molar-refractivity contribution in [2.75, 3.05) is 0 Å². The standard InChI is InChI=1S/C13H20N2O2S/c1-8(2)11(13(17)14-9(3)4)15-12(16)10-6-5-7-18-10/h5-9,11H,1-4H3,(H,14,17)(H,15,16). The number of hydrogen-bond acceptors (Lipinski definition) is 3. The Labute approximate surface area is 112 Å². The van der Waals surface area contributed by atoms with Gasteiger partial charge in [0.1, 0.15) is 6.04 Å². The van der Waals surface area contributed by atoms with Crippen molar-refractivity contribution in [1.82, 2.24) is 10.6 Å². The Hall–Kier alpha value is -1.36. The molecule has 1 aromatic rings. The summed E-state index contributed by atoms with van der Waals surface area (Å²) in [4.78, 5) is 24.5. The molecule has 0 radical (unpaired) electrons. The van der Waals surface area contributed by atoms with Gasteiger partial charge in [-0.05, 0) is 31.2 Å². The molecule has 0 saturated heterocycles. The van der Waals surface area contributed by atoms with Gasteiger partial charge in [0.05, 0.1) is 4.88 Å². The van der Waals surface area contributed by atoms with Gasteiger partial charge in [-0.1, -0.05) is 19.9 Å². The first-order chi connectivity index (χ1) is 8.41. The average Bonchev–Trinajstić information content (AvgIpc) is 2.77. The van der Waals surface area contributed by atoms with Gasteiger partial charge in [-0.3, -0.25) is 9.59 Å². The third-order valence-corrected chi connectivity index (χ3v) is 3.28. The molecule has 0 bridgehead atoms. The lowest BCUT2D eigenvalue weighted by molar-refractivity contribution is -0.124. The van der Waals surface area contributed by atoms with Crippen LogP contribution in [-0.4, -0.2) is 23.9 Å². The molecule has 4 nitrogen and oxygen atoms in total. The summed E-state index contributed by atoms with van der Waals surface area (Å²) in [6.45, 7) is 7.63. The largest absolute Gasteiger partial charge is 0.352 e. The minimum atomic E-state index is -0.498. The monoisotopic (exact) mass is 268 g/mol. The van der Waals surface area contributed by atoms with Crippen LogP contribution in [0.15, 0.2) is 17.5 Å². The third-order valence-electron chi connectivity index (χ3n) is 2.41. The lowest BCUT2D eigenvalue weighted by Gasteiger charge is -2.22. The number of amides is 2. The average molecular weight is 268 g/mol. The van der Waals surface area contributed by atoms with E-state index in [9.17, 15) is 9.59 Å². The maximum atomic E-state index is 12.0. The van der Waals surface area contributed by atoms with Gasteiger partial charge in [0.2, 0.25) is 5.91 Å². The topological polar surface area (TPSA) is 58.2 Å². The van der Waals surface area contributed by atoms with Crippen molar-refractivity contribution in [3.63, 3.8) is 0 Å². The van der Waals surface area contributed by atoms with Gasteiger partial charge in [-0.2, -0.15) is 0 Å². The minimum Gasteiger partial charge on any atom is -0.352 e. The van der Waals surface area contributed by atoms with Gasteiger partial charge in [0.25, 0.3) is 5.91 Å². The smallest absolute Gasteiger partial charge is 0.262 e. The van der Waals surface area contributed by atoms with Gasteiger partial charge < -0.3 is 10.6 Å². The van der Waals surface area contributed by atoms with Crippen LogP contribution in [-0.2, 0) is 4.79 Å². The number of hydrogen-bond donors (Lipinski definition) is 2.